The summed E-state index contributed by atoms with van der Waals surface area (Å²) in [5.74, 6) is 2.71. The molecule has 136 valence electrons. The fourth-order valence-corrected chi connectivity index (χ4v) is 2.81. The number of furan rings is 1. The Hall–Kier alpha value is -2.82. The van der Waals surface area contributed by atoms with Crippen LogP contribution in [0.4, 0.5) is 0 Å². The van der Waals surface area contributed by atoms with Crippen molar-refractivity contribution in [3.63, 3.8) is 0 Å². The molecule has 1 fully saturated rings. The highest BCUT2D eigenvalue weighted by Crippen LogP contribution is 2.47. The number of carbonyl (C=O) groups is 2. The minimum atomic E-state index is -0.184. The van der Waals surface area contributed by atoms with E-state index < -0.39 is 0 Å². The predicted octanol–water partition coefficient (Wildman–Crippen LogP) is 3.43. The summed E-state index contributed by atoms with van der Waals surface area (Å²) in [4.78, 5) is 25.3. The van der Waals surface area contributed by atoms with Crippen LogP contribution in [0.3, 0.4) is 0 Å². The second-order valence-electron chi connectivity index (χ2n) is 7.01. The van der Waals surface area contributed by atoms with Crippen molar-refractivity contribution in [1.29, 1.82) is 0 Å². The number of rotatable bonds is 6. The normalized spacial score (nSPS) is 18.7. The van der Waals surface area contributed by atoms with Gasteiger partial charge < -0.3 is 14.6 Å². The van der Waals surface area contributed by atoms with Crippen LogP contribution >= 0.6 is 0 Å². The third kappa shape index (κ3) is 4.42. The Bertz CT molecular complexity index is 818. The van der Waals surface area contributed by atoms with Crippen molar-refractivity contribution in [2.75, 3.05) is 14.1 Å². The molecule has 26 heavy (non-hydrogen) atoms. The Balaban J connectivity index is 1.49. The van der Waals surface area contributed by atoms with E-state index in [1.165, 1.54) is 17.4 Å². The van der Waals surface area contributed by atoms with E-state index >= 15 is 0 Å². The quantitative estimate of drug-likeness (QED) is 0.810. The van der Waals surface area contributed by atoms with E-state index in [0.717, 1.165) is 11.3 Å². The van der Waals surface area contributed by atoms with Gasteiger partial charge in [0.05, 0.1) is 0 Å². The van der Waals surface area contributed by atoms with Crippen LogP contribution in [0.25, 0.3) is 6.08 Å². The lowest BCUT2D eigenvalue weighted by Crippen LogP contribution is -2.22. The highest BCUT2D eigenvalue weighted by molar-refractivity contribution is 5.94. The molecule has 1 saturated carbocycles. The summed E-state index contributed by atoms with van der Waals surface area (Å²) in [5.41, 5.74) is 1.56. The van der Waals surface area contributed by atoms with E-state index in [1.54, 1.807) is 32.3 Å². The maximum Gasteiger partial charge on any atom is 0.253 e. The zero-order valence-corrected chi connectivity index (χ0v) is 15.4. The molecule has 0 saturated heterocycles. The highest BCUT2D eigenvalue weighted by Gasteiger charge is 2.36. The van der Waals surface area contributed by atoms with Gasteiger partial charge in [0.15, 0.2) is 0 Å². The predicted molar refractivity (Wildman–Crippen MR) is 101 cm³/mol. The van der Waals surface area contributed by atoms with Crippen LogP contribution in [-0.4, -0.2) is 30.8 Å². The molecule has 1 N–H and O–H groups in total. The summed E-state index contributed by atoms with van der Waals surface area (Å²) in [7, 11) is 3.44. The van der Waals surface area contributed by atoms with Gasteiger partial charge in [-0.3, -0.25) is 9.59 Å². The Morgan fingerprint density at radius 2 is 1.88 bits per heavy atom. The Morgan fingerprint density at radius 1 is 1.19 bits per heavy atom. The van der Waals surface area contributed by atoms with Crippen molar-refractivity contribution < 1.29 is 14.0 Å². The second kappa shape index (κ2) is 7.60. The maximum absolute atomic E-state index is 12.0. The molecule has 3 rings (SSSR count). The molecule has 0 spiro atoms. The zero-order chi connectivity index (χ0) is 18.7. The third-order valence-electron chi connectivity index (χ3n) is 4.60. The Morgan fingerprint density at radius 3 is 2.50 bits per heavy atom. The number of carbonyl (C=O) groups excluding carboxylic acids is 2. The van der Waals surface area contributed by atoms with Crippen LogP contribution in [0.5, 0.6) is 0 Å². The molecule has 0 bridgehead atoms. The minimum absolute atomic E-state index is 0.0399. The van der Waals surface area contributed by atoms with E-state index in [9.17, 15) is 9.59 Å². The van der Waals surface area contributed by atoms with Gasteiger partial charge >= 0.3 is 0 Å². The van der Waals surface area contributed by atoms with E-state index in [0.29, 0.717) is 29.7 Å². The van der Waals surface area contributed by atoms with Crippen molar-refractivity contribution in [3.05, 3.63) is 65.1 Å². The molecule has 2 unspecified atom stereocenters. The topological polar surface area (TPSA) is 62.6 Å². The van der Waals surface area contributed by atoms with Crippen molar-refractivity contribution in [3.8, 4) is 0 Å². The van der Waals surface area contributed by atoms with Crippen LogP contribution in [0, 0.1) is 5.92 Å². The van der Waals surface area contributed by atoms with Gasteiger partial charge in [0.2, 0.25) is 5.91 Å². The smallest absolute Gasteiger partial charge is 0.253 e. The van der Waals surface area contributed by atoms with Gasteiger partial charge in [-0.05, 0) is 48.2 Å². The summed E-state index contributed by atoms with van der Waals surface area (Å²) in [6.45, 7) is 2.61. The number of hydrogen-bond acceptors (Lipinski definition) is 3. The highest BCUT2D eigenvalue weighted by atomic mass is 16.3. The van der Waals surface area contributed by atoms with Crippen LogP contribution in [-0.2, 0) is 11.3 Å². The lowest BCUT2D eigenvalue weighted by atomic mass is 10.1. The van der Waals surface area contributed by atoms with E-state index in [2.05, 4.69) is 12.2 Å². The molecular formula is C21H24N2O3. The Kier molecular flexibility index (Phi) is 5.26. The monoisotopic (exact) mass is 352 g/mol. The average Bonchev–Trinajstić information content (AvgIpc) is 3.18. The first-order valence-electron chi connectivity index (χ1n) is 8.80. The van der Waals surface area contributed by atoms with Crippen molar-refractivity contribution in [2.24, 2.45) is 5.92 Å². The standard InChI is InChI=1S/C21H24N2O3/c1-14-12-18(14)19-10-8-17(26-19)9-11-20(24)22-13-15-4-6-16(7-5-15)21(25)23(2)3/h4-11,14,18H,12-13H2,1-3H3,(H,22,24)/b11-9+. The first-order valence-corrected chi connectivity index (χ1v) is 8.80. The third-order valence-corrected chi connectivity index (χ3v) is 4.60. The Labute approximate surface area is 153 Å². The summed E-state index contributed by atoms with van der Waals surface area (Å²) >= 11 is 0. The number of benzene rings is 1. The molecule has 1 aliphatic carbocycles. The van der Waals surface area contributed by atoms with Crippen LogP contribution in [0.2, 0.25) is 0 Å². The van der Waals surface area contributed by atoms with E-state index in [1.807, 2.05) is 24.3 Å². The van der Waals surface area contributed by atoms with Crippen LogP contribution < -0.4 is 5.32 Å². The largest absolute Gasteiger partial charge is 0.461 e. The second-order valence-corrected chi connectivity index (χ2v) is 7.01. The summed E-state index contributed by atoms with van der Waals surface area (Å²) in [6.07, 6.45) is 4.34. The first kappa shape index (κ1) is 18.0. The molecular weight excluding hydrogens is 328 g/mol. The van der Waals surface area contributed by atoms with Gasteiger partial charge in [-0.2, -0.15) is 0 Å². The number of amides is 2. The van der Waals surface area contributed by atoms with Crippen molar-refractivity contribution in [1.82, 2.24) is 10.2 Å². The zero-order valence-electron chi connectivity index (χ0n) is 15.4. The molecule has 1 aliphatic rings. The van der Waals surface area contributed by atoms with E-state index in [-0.39, 0.29) is 11.8 Å². The van der Waals surface area contributed by atoms with Crippen molar-refractivity contribution >= 4 is 17.9 Å². The lowest BCUT2D eigenvalue weighted by molar-refractivity contribution is -0.116. The number of nitrogens with one attached hydrogen (secondary N) is 1. The molecule has 1 heterocycles. The molecule has 1 aromatic heterocycles. The van der Waals surface area contributed by atoms with Crippen LogP contribution in [0.1, 0.15) is 46.7 Å². The SMILES string of the molecule is CC1CC1c1ccc(/C=C/C(=O)NCc2ccc(C(=O)N(C)C)cc2)o1. The minimum Gasteiger partial charge on any atom is -0.461 e. The van der Waals surface area contributed by atoms with Gasteiger partial charge in [-0.1, -0.05) is 19.1 Å². The molecule has 1 aromatic carbocycles. The number of nitrogens with zero attached hydrogens (tertiary/aromatic N) is 1. The van der Waals surface area contributed by atoms with Gasteiger partial charge in [-0.25, -0.2) is 0 Å². The van der Waals surface area contributed by atoms with Gasteiger partial charge in [-0.15, -0.1) is 0 Å². The molecule has 0 aliphatic heterocycles. The van der Waals surface area contributed by atoms with Crippen LogP contribution in [0.15, 0.2) is 46.9 Å². The van der Waals surface area contributed by atoms with Crippen molar-refractivity contribution in [2.45, 2.75) is 25.8 Å². The summed E-state index contributed by atoms with van der Waals surface area (Å²) in [5, 5.41) is 2.83. The number of hydrogen-bond donors (Lipinski definition) is 1. The molecule has 0 radical (unpaired) electrons. The molecule has 2 amide bonds. The first-order chi connectivity index (χ1) is 12.4. The van der Waals surface area contributed by atoms with Gasteiger partial charge in [0, 0.05) is 38.2 Å². The fraction of sp³-hybridized carbons (Fsp3) is 0.333. The molecule has 2 aromatic rings. The lowest BCUT2D eigenvalue weighted by Gasteiger charge is -2.10. The van der Waals surface area contributed by atoms with E-state index in [4.69, 9.17) is 4.42 Å². The molecule has 5 nitrogen and oxygen atoms in total. The van der Waals surface area contributed by atoms with Gasteiger partial charge in [0.1, 0.15) is 11.5 Å². The summed E-state index contributed by atoms with van der Waals surface area (Å²) < 4.78 is 5.74. The average molecular weight is 352 g/mol. The maximum atomic E-state index is 12.0. The summed E-state index contributed by atoms with van der Waals surface area (Å²) in [6, 6.07) is 11.1. The fourth-order valence-electron chi connectivity index (χ4n) is 2.81. The van der Waals surface area contributed by atoms with Gasteiger partial charge in [0.25, 0.3) is 5.91 Å². The molecule has 2 atom stereocenters. The molecule has 5 heteroatoms.